The monoisotopic (exact) mass is 201 g/mol. The maximum Gasteiger partial charge on any atom is 0.160 e. The number of aliphatic hydroxyl groups is 1. The normalized spacial score (nSPS) is 12.6. The maximum absolute atomic E-state index is 12.7. The molecule has 1 atom stereocenters. The van der Waals surface area contributed by atoms with Gasteiger partial charge in [-0.05, 0) is 18.6 Å². The highest BCUT2D eigenvalue weighted by atomic mass is 19.2. The van der Waals surface area contributed by atoms with E-state index in [0.717, 1.165) is 12.1 Å². The van der Waals surface area contributed by atoms with Crippen LogP contribution in [-0.2, 0) is 0 Å². The van der Waals surface area contributed by atoms with Crippen molar-refractivity contribution in [1.29, 1.82) is 0 Å². The Morgan fingerprint density at radius 3 is 2.64 bits per heavy atom. The zero-order chi connectivity index (χ0) is 10.6. The van der Waals surface area contributed by atoms with E-state index in [1.165, 1.54) is 6.07 Å². The summed E-state index contributed by atoms with van der Waals surface area (Å²) in [6.45, 7) is 2.18. The van der Waals surface area contributed by atoms with Gasteiger partial charge < -0.3 is 10.4 Å². The molecule has 14 heavy (non-hydrogen) atoms. The molecule has 0 spiro atoms. The SMILES string of the molecule is CCC(O)CNc1ccc(F)c(F)c1. The van der Waals surface area contributed by atoms with E-state index in [2.05, 4.69) is 5.32 Å². The van der Waals surface area contributed by atoms with Crippen LogP contribution in [0.15, 0.2) is 18.2 Å². The molecule has 0 aliphatic carbocycles. The lowest BCUT2D eigenvalue weighted by Crippen LogP contribution is -2.18. The molecule has 78 valence electrons. The van der Waals surface area contributed by atoms with Crippen molar-refractivity contribution in [1.82, 2.24) is 0 Å². The second kappa shape index (κ2) is 4.91. The quantitative estimate of drug-likeness (QED) is 0.782. The predicted molar refractivity (Wildman–Crippen MR) is 51.1 cm³/mol. The van der Waals surface area contributed by atoms with Gasteiger partial charge in [0.25, 0.3) is 0 Å². The van der Waals surface area contributed by atoms with Crippen LogP contribution in [0.5, 0.6) is 0 Å². The molecule has 0 amide bonds. The second-order valence-corrected chi connectivity index (χ2v) is 3.07. The standard InChI is InChI=1S/C10H13F2NO/c1-2-8(14)6-13-7-3-4-9(11)10(12)5-7/h3-5,8,13-14H,2,6H2,1H3. The van der Waals surface area contributed by atoms with Crippen molar-refractivity contribution in [3.8, 4) is 0 Å². The molecule has 0 saturated heterocycles. The average molecular weight is 201 g/mol. The van der Waals surface area contributed by atoms with Crippen LogP contribution in [0.3, 0.4) is 0 Å². The summed E-state index contributed by atoms with van der Waals surface area (Å²) in [6.07, 6.45) is 0.152. The van der Waals surface area contributed by atoms with Crippen molar-refractivity contribution in [2.24, 2.45) is 0 Å². The Kier molecular flexibility index (Phi) is 3.83. The van der Waals surface area contributed by atoms with Crippen molar-refractivity contribution in [3.05, 3.63) is 29.8 Å². The van der Waals surface area contributed by atoms with Crippen LogP contribution in [-0.4, -0.2) is 17.8 Å². The first-order valence-electron chi connectivity index (χ1n) is 4.50. The smallest absolute Gasteiger partial charge is 0.160 e. The van der Waals surface area contributed by atoms with Gasteiger partial charge in [0.05, 0.1) is 6.10 Å². The highest BCUT2D eigenvalue weighted by Crippen LogP contribution is 2.12. The Bertz CT molecular complexity index is 304. The molecule has 1 unspecified atom stereocenters. The Morgan fingerprint density at radius 2 is 2.07 bits per heavy atom. The van der Waals surface area contributed by atoms with Crippen LogP contribution in [0.1, 0.15) is 13.3 Å². The molecule has 0 heterocycles. The Hall–Kier alpha value is -1.16. The van der Waals surface area contributed by atoms with Gasteiger partial charge in [-0.2, -0.15) is 0 Å². The van der Waals surface area contributed by atoms with Gasteiger partial charge in [-0.15, -0.1) is 0 Å². The molecule has 0 radical (unpaired) electrons. The van der Waals surface area contributed by atoms with Gasteiger partial charge in [-0.25, -0.2) is 8.78 Å². The third-order valence-electron chi connectivity index (χ3n) is 1.93. The van der Waals surface area contributed by atoms with Crippen molar-refractivity contribution in [2.75, 3.05) is 11.9 Å². The summed E-state index contributed by atoms with van der Waals surface area (Å²) in [5.41, 5.74) is 0.469. The summed E-state index contributed by atoms with van der Waals surface area (Å²) in [6, 6.07) is 3.55. The molecule has 0 aliphatic heterocycles. The molecule has 0 fully saturated rings. The van der Waals surface area contributed by atoms with E-state index in [4.69, 9.17) is 0 Å². The van der Waals surface area contributed by atoms with Gasteiger partial charge in [0.15, 0.2) is 11.6 Å². The van der Waals surface area contributed by atoms with Crippen molar-refractivity contribution in [3.63, 3.8) is 0 Å². The molecular weight excluding hydrogens is 188 g/mol. The van der Waals surface area contributed by atoms with Crippen molar-refractivity contribution in [2.45, 2.75) is 19.4 Å². The lowest BCUT2D eigenvalue weighted by molar-refractivity contribution is 0.183. The number of anilines is 1. The van der Waals surface area contributed by atoms with Crippen LogP contribution in [0, 0.1) is 11.6 Å². The van der Waals surface area contributed by atoms with Crippen molar-refractivity contribution < 1.29 is 13.9 Å². The van der Waals surface area contributed by atoms with E-state index in [9.17, 15) is 13.9 Å². The average Bonchev–Trinajstić information content (AvgIpc) is 2.19. The number of nitrogens with one attached hydrogen (secondary N) is 1. The Labute approximate surface area is 81.6 Å². The minimum absolute atomic E-state index is 0.335. The number of hydrogen-bond donors (Lipinski definition) is 2. The van der Waals surface area contributed by atoms with E-state index in [1.54, 1.807) is 0 Å². The maximum atomic E-state index is 12.7. The number of halogens is 2. The molecule has 1 aromatic rings. The van der Waals surface area contributed by atoms with E-state index in [-0.39, 0.29) is 0 Å². The van der Waals surface area contributed by atoms with Crippen LogP contribution < -0.4 is 5.32 Å². The summed E-state index contributed by atoms with van der Waals surface area (Å²) in [4.78, 5) is 0. The highest BCUT2D eigenvalue weighted by Gasteiger charge is 2.03. The molecule has 2 nitrogen and oxygen atoms in total. The van der Waals surface area contributed by atoms with Gasteiger partial charge in [0, 0.05) is 18.3 Å². The second-order valence-electron chi connectivity index (χ2n) is 3.07. The van der Waals surface area contributed by atoms with Crippen LogP contribution >= 0.6 is 0 Å². The fourth-order valence-corrected chi connectivity index (χ4v) is 0.986. The third kappa shape index (κ3) is 2.96. The summed E-state index contributed by atoms with van der Waals surface area (Å²) >= 11 is 0. The molecule has 0 saturated carbocycles. The Morgan fingerprint density at radius 1 is 1.36 bits per heavy atom. The predicted octanol–water partition coefficient (Wildman–Crippen LogP) is 2.15. The first-order chi connectivity index (χ1) is 6.63. The fraction of sp³-hybridized carbons (Fsp3) is 0.400. The number of benzene rings is 1. The van der Waals surface area contributed by atoms with Gasteiger partial charge >= 0.3 is 0 Å². The lowest BCUT2D eigenvalue weighted by Gasteiger charge is -2.10. The van der Waals surface area contributed by atoms with Gasteiger partial charge in [-0.3, -0.25) is 0 Å². The topological polar surface area (TPSA) is 32.3 Å². The van der Waals surface area contributed by atoms with Crippen LogP contribution in [0.4, 0.5) is 14.5 Å². The molecule has 1 rings (SSSR count). The molecule has 2 N–H and O–H groups in total. The summed E-state index contributed by atoms with van der Waals surface area (Å²) in [5, 5.41) is 12.0. The molecule has 0 bridgehead atoms. The lowest BCUT2D eigenvalue weighted by atomic mass is 10.2. The van der Waals surface area contributed by atoms with E-state index in [0.29, 0.717) is 18.7 Å². The van der Waals surface area contributed by atoms with E-state index >= 15 is 0 Å². The highest BCUT2D eigenvalue weighted by molar-refractivity contribution is 5.43. The van der Waals surface area contributed by atoms with Gasteiger partial charge in [0.2, 0.25) is 0 Å². The fourth-order valence-electron chi connectivity index (χ4n) is 0.986. The molecule has 0 aromatic heterocycles. The molecule has 4 heteroatoms. The zero-order valence-corrected chi connectivity index (χ0v) is 7.93. The molecule has 0 aliphatic rings. The van der Waals surface area contributed by atoms with Gasteiger partial charge in [-0.1, -0.05) is 6.92 Å². The minimum atomic E-state index is -0.888. The van der Waals surface area contributed by atoms with Crippen molar-refractivity contribution >= 4 is 5.69 Å². The largest absolute Gasteiger partial charge is 0.391 e. The van der Waals surface area contributed by atoms with E-state index < -0.39 is 17.7 Å². The van der Waals surface area contributed by atoms with Crippen LogP contribution in [0.2, 0.25) is 0 Å². The molecule has 1 aromatic carbocycles. The van der Waals surface area contributed by atoms with Gasteiger partial charge in [0.1, 0.15) is 0 Å². The first kappa shape index (κ1) is 10.9. The number of aliphatic hydroxyl groups excluding tert-OH is 1. The summed E-state index contributed by atoms with van der Waals surface area (Å²) in [5.74, 6) is -1.76. The minimum Gasteiger partial charge on any atom is -0.391 e. The third-order valence-corrected chi connectivity index (χ3v) is 1.93. The summed E-state index contributed by atoms with van der Waals surface area (Å²) < 4.78 is 25.2. The van der Waals surface area contributed by atoms with E-state index in [1.807, 2.05) is 6.92 Å². The summed E-state index contributed by atoms with van der Waals surface area (Å²) in [7, 11) is 0. The number of rotatable bonds is 4. The van der Waals surface area contributed by atoms with Crippen LogP contribution in [0.25, 0.3) is 0 Å². The molecular formula is C10H13F2NO. The zero-order valence-electron chi connectivity index (χ0n) is 7.93. The Balaban J connectivity index is 2.55. The first-order valence-corrected chi connectivity index (χ1v) is 4.50. The number of hydrogen-bond acceptors (Lipinski definition) is 2.